The fraction of sp³-hybridized carbons (Fsp3) is 0.100. The summed E-state index contributed by atoms with van der Waals surface area (Å²) in [4.78, 5) is 18.5. The Balaban J connectivity index is 1.67. The maximum Gasteiger partial charge on any atom is 0.255 e. The van der Waals surface area contributed by atoms with Gasteiger partial charge in [-0.2, -0.15) is 0 Å². The molecule has 0 bridgehead atoms. The lowest BCUT2D eigenvalue weighted by Crippen LogP contribution is -2.26. The molecule has 126 valence electrons. The number of hydrogen-bond donors (Lipinski definition) is 1. The second-order valence-electron chi connectivity index (χ2n) is 5.68. The van der Waals surface area contributed by atoms with Gasteiger partial charge in [0.25, 0.3) is 5.91 Å². The summed E-state index contributed by atoms with van der Waals surface area (Å²) in [7, 11) is 1.78. The van der Waals surface area contributed by atoms with Gasteiger partial charge in [0.15, 0.2) is 0 Å². The van der Waals surface area contributed by atoms with Gasteiger partial charge in [0.05, 0.1) is 16.3 Å². The number of nitrogens with one attached hydrogen (secondary N) is 1. The van der Waals surface area contributed by atoms with Crippen LogP contribution in [-0.2, 0) is 6.54 Å². The van der Waals surface area contributed by atoms with Crippen molar-refractivity contribution in [1.82, 2.24) is 9.88 Å². The Morgan fingerprint density at radius 3 is 2.44 bits per heavy atom. The third kappa shape index (κ3) is 4.37. The quantitative estimate of drug-likeness (QED) is 0.721. The molecule has 2 aromatic carbocycles. The number of anilines is 2. The van der Waals surface area contributed by atoms with E-state index in [1.807, 2.05) is 48.5 Å². The maximum absolute atomic E-state index is 12.5. The van der Waals surface area contributed by atoms with E-state index in [1.165, 1.54) is 0 Å². The topological polar surface area (TPSA) is 45.2 Å². The predicted molar refractivity (Wildman–Crippen MR) is 101 cm³/mol. The summed E-state index contributed by atoms with van der Waals surface area (Å²) in [5, 5.41) is 3.76. The molecule has 1 amide bonds. The Hall–Kier alpha value is -2.85. The summed E-state index contributed by atoms with van der Waals surface area (Å²) < 4.78 is 0. The number of aromatic nitrogens is 1. The van der Waals surface area contributed by atoms with E-state index in [2.05, 4.69) is 10.3 Å². The third-order valence-electron chi connectivity index (χ3n) is 3.76. The second-order valence-corrected chi connectivity index (χ2v) is 6.09. The number of para-hydroxylation sites is 1. The first-order valence-electron chi connectivity index (χ1n) is 7.90. The minimum absolute atomic E-state index is 0.0688. The zero-order chi connectivity index (χ0) is 17.6. The molecule has 0 fully saturated rings. The minimum Gasteiger partial charge on any atom is -0.339 e. The first-order chi connectivity index (χ1) is 12.1. The van der Waals surface area contributed by atoms with Crippen molar-refractivity contribution >= 4 is 29.0 Å². The lowest BCUT2D eigenvalue weighted by atomic mass is 10.2. The average molecular weight is 352 g/mol. The van der Waals surface area contributed by atoms with Crippen molar-refractivity contribution in [3.8, 4) is 0 Å². The van der Waals surface area contributed by atoms with E-state index in [1.54, 1.807) is 36.3 Å². The van der Waals surface area contributed by atoms with Crippen molar-refractivity contribution in [2.75, 3.05) is 12.4 Å². The highest BCUT2D eigenvalue weighted by atomic mass is 35.5. The normalized spacial score (nSPS) is 10.3. The van der Waals surface area contributed by atoms with E-state index in [0.29, 0.717) is 22.9 Å². The van der Waals surface area contributed by atoms with Crippen LogP contribution < -0.4 is 5.32 Å². The zero-order valence-corrected chi connectivity index (χ0v) is 14.6. The summed E-state index contributed by atoms with van der Waals surface area (Å²) in [6.07, 6.45) is 1.57. The second kappa shape index (κ2) is 7.81. The van der Waals surface area contributed by atoms with Gasteiger partial charge < -0.3 is 10.2 Å². The van der Waals surface area contributed by atoms with Crippen LogP contribution in [-0.4, -0.2) is 22.8 Å². The SMILES string of the molecule is CN(Cc1ccccc1)C(=O)c1ccc(Nc2ccccc2Cl)nc1. The van der Waals surface area contributed by atoms with Crippen molar-refractivity contribution in [2.24, 2.45) is 0 Å². The van der Waals surface area contributed by atoms with Crippen LogP contribution in [0.2, 0.25) is 5.02 Å². The number of nitrogens with zero attached hydrogens (tertiary/aromatic N) is 2. The lowest BCUT2D eigenvalue weighted by Gasteiger charge is -2.17. The Morgan fingerprint density at radius 2 is 1.76 bits per heavy atom. The van der Waals surface area contributed by atoms with Crippen molar-refractivity contribution in [2.45, 2.75) is 6.54 Å². The Bertz CT molecular complexity index is 850. The number of carbonyl (C=O) groups is 1. The van der Waals surface area contributed by atoms with Gasteiger partial charge in [-0.1, -0.05) is 54.1 Å². The van der Waals surface area contributed by atoms with Crippen molar-refractivity contribution in [3.05, 3.63) is 89.1 Å². The summed E-state index contributed by atoms with van der Waals surface area (Å²) >= 11 is 6.12. The molecule has 0 spiro atoms. The molecule has 25 heavy (non-hydrogen) atoms. The van der Waals surface area contributed by atoms with E-state index in [-0.39, 0.29) is 5.91 Å². The maximum atomic E-state index is 12.5. The van der Waals surface area contributed by atoms with E-state index < -0.39 is 0 Å². The molecule has 1 aromatic heterocycles. The number of benzene rings is 2. The molecule has 0 aliphatic carbocycles. The van der Waals surface area contributed by atoms with Gasteiger partial charge in [-0.25, -0.2) is 4.98 Å². The number of rotatable bonds is 5. The molecule has 0 saturated carbocycles. The lowest BCUT2D eigenvalue weighted by molar-refractivity contribution is 0.0784. The minimum atomic E-state index is -0.0688. The van der Waals surface area contributed by atoms with Crippen LogP contribution >= 0.6 is 11.6 Å². The molecule has 5 heteroatoms. The van der Waals surface area contributed by atoms with Gasteiger partial charge in [0, 0.05) is 19.8 Å². The first-order valence-corrected chi connectivity index (χ1v) is 8.28. The Morgan fingerprint density at radius 1 is 1.04 bits per heavy atom. The van der Waals surface area contributed by atoms with Gasteiger partial charge in [0.1, 0.15) is 5.82 Å². The number of hydrogen-bond acceptors (Lipinski definition) is 3. The van der Waals surface area contributed by atoms with Gasteiger partial charge in [-0.3, -0.25) is 4.79 Å². The molecule has 3 aromatic rings. The molecule has 0 unspecified atom stereocenters. The number of amides is 1. The monoisotopic (exact) mass is 351 g/mol. The molecule has 0 saturated heterocycles. The molecule has 1 heterocycles. The molecule has 0 atom stereocenters. The van der Waals surface area contributed by atoms with Crippen LogP contribution in [0.15, 0.2) is 72.9 Å². The average Bonchev–Trinajstić information content (AvgIpc) is 2.64. The van der Waals surface area contributed by atoms with Crippen LogP contribution in [0.1, 0.15) is 15.9 Å². The number of pyridine rings is 1. The van der Waals surface area contributed by atoms with E-state index in [0.717, 1.165) is 11.3 Å². The molecular weight excluding hydrogens is 334 g/mol. The predicted octanol–water partition coefficient (Wildman–Crippen LogP) is 4.75. The highest BCUT2D eigenvalue weighted by Crippen LogP contribution is 2.23. The van der Waals surface area contributed by atoms with Crippen LogP contribution in [0.25, 0.3) is 0 Å². The van der Waals surface area contributed by atoms with Gasteiger partial charge in [-0.15, -0.1) is 0 Å². The summed E-state index contributed by atoms with van der Waals surface area (Å²) in [6.45, 7) is 0.555. The third-order valence-corrected chi connectivity index (χ3v) is 4.09. The fourth-order valence-corrected chi connectivity index (χ4v) is 2.63. The fourth-order valence-electron chi connectivity index (χ4n) is 2.44. The summed E-state index contributed by atoms with van der Waals surface area (Å²) in [5.74, 6) is 0.566. The summed E-state index contributed by atoms with van der Waals surface area (Å²) in [5.41, 5.74) is 2.41. The standard InChI is InChI=1S/C20H18ClN3O/c1-24(14-15-7-3-2-4-8-15)20(25)16-11-12-19(22-13-16)23-18-10-6-5-9-17(18)21/h2-13H,14H2,1H3,(H,22,23). The number of carbonyl (C=O) groups excluding carboxylic acids is 1. The van der Waals surface area contributed by atoms with Crippen molar-refractivity contribution in [3.63, 3.8) is 0 Å². The molecule has 0 radical (unpaired) electrons. The van der Waals surface area contributed by atoms with Gasteiger partial charge >= 0.3 is 0 Å². The van der Waals surface area contributed by atoms with E-state index in [9.17, 15) is 4.79 Å². The van der Waals surface area contributed by atoms with Crippen LogP contribution in [0.4, 0.5) is 11.5 Å². The molecule has 3 rings (SSSR count). The number of halogens is 1. The van der Waals surface area contributed by atoms with Gasteiger partial charge in [0.2, 0.25) is 0 Å². The highest BCUT2D eigenvalue weighted by molar-refractivity contribution is 6.33. The molecule has 0 aliphatic heterocycles. The van der Waals surface area contributed by atoms with Crippen LogP contribution in [0, 0.1) is 0 Å². The Labute approximate surface area is 152 Å². The molecule has 0 aliphatic rings. The largest absolute Gasteiger partial charge is 0.339 e. The van der Waals surface area contributed by atoms with Gasteiger partial charge in [-0.05, 0) is 29.8 Å². The van der Waals surface area contributed by atoms with Crippen LogP contribution in [0.3, 0.4) is 0 Å². The van der Waals surface area contributed by atoms with E-state index in [4.69, 9.17) is 11.6 Å². The molecule has 1 N–H and O–H groups in total. The Kier molecular flexibility index (Phi) is 5.31. The molecular formula is C20H18ClN3O. The smallest absolute Gasteiger partial charge is 0.255 e. The van der Waals surface area contributed by atoms with Crippen molar-refractivity contribution < 1.29 is 4.79 Å². The zero-order valence-electron chi connectivity index (χ0n) is 13.8. The first kappa shape index (κ1) is 17.0. The summed E-state index contributed by atoms with van der Waals surface area (Å²) in [6, 6.07) is 20.8. The van der Waals surface area contributed by atoms with E-state index >= 15 is 0 Å². The highest BCUT2D eigenvalue weighted by Gasteiger charge is 2.12. The molecule has 4 nitrogen and oxygen atoms in total. The van der Waals surface area contributed by atoms with Crippen molar-refractivity contribution in [1.29, 1.82) is 0 Å². The van der Waals surface area contributed by atoms with Crippen LogP contribution in [0.5, 0.6) is 0 Å².